The third-order valence-corrected chi connectivity index (χ3v) is 11.4. The van der Waals surface area contributed by atoms with Crippen LogP contribution in [0.15, 0.2) is 122 Å². The molecule has 0 aliphatic carbocycles. The molecular weight excluding hydrogens is 783 g/mol. The maximum atomic E-state index is 12.4. The number of rotatable bonds is 47. The van der Waals surface area contributed by atoms with Gasteiger partial charge in [0.15, 0.2) is 0 Å². The maximum Gasteiger partial charge on any atom is 0.220 e. The van der Waals surface area contributed by atoms with Gasteiger partial charge in [0.1, 0.15) is 0 Å². The van der Waals surface area contributed by atoms with E-state index in [0.29, 0.717) is 6.42 Å². The second-order valence-electron chi connectivity index (χ2n) is 17.5. The molecule has 0 radical (unpaired) electrons. The first-order valence-corrected chi connectivity index (χ1v) is 26.7. The fourth-order valence-electron chi connectivity index (χ4n) is 7.37. The van der Waals surface area contributed by atoms with Gasteiger partial charge in [-0.05, 0) is 103 Å². The molecule has 3 N–H and O–H groups in total. The highest BCUT2D eigenvalue weighted by atomic mass is 16.3. The van der Waals surface area contributed by atoms with E-state index in [9.17, 15) is 15.0 Å². The Bertz CT molecular complexity index is 1280. The van der Waals surface area contributed by atoms with E-state index in [-0.39, 0.29) is 12.5 Å². The quantitative estimate of drug-likeness (QED) is 0.0421. The zero-order chi connectivity index (χ0) is 46.3. The van der Waals surface area contributed by atoms with Gasteiger partial charge in [0.2, 0.25) is 5.91 Å². The summed E-state index contributed by atoms with van der Waals surface area (Å²) in [5.41, 5.74) is 0. The van der Waals surface area contributed by atoms with Crippen LogP contribution in [0, 0.1) is 0 Å². The Hall–Kier alpha value is -3.21. The number of aliphatic hydroxyl groups is 2. The van der Waals surface area contributed by atoms with Gasteiger partial charge in [-0.15, -0.1) is 0 Å². The molecule has 0 fully saturated rings. The molecule has 0 aromatic rings. The first-order chi connectivity index (χ1) is 31.7. The summed E-state index contributed by atoms with van der Waals surface area (Å²) >= 11 is 0. The minimum Gasteiger partial charge on any atom is -0.394 e. The number of allylic oxidation sites excluding steroid dienone is 19. The van der Waals surface area contributed by atoms with E-state index in [2.05, 4.69) is 129 Å². The van der Waals surface area contributed by atoms with Gasteiger partial charge in [-0.2, -0.15) is 0 Å². The summed E-state index contributed by atoms with van der Waals surface area (Å²) in [6.07, 6.45) is 83.4. The van der Waals surface area contributed by atoms with Gasteiger partial charge in [-0.1, -0.05) is 245 Å². The third kappa shape index (κ3) is 49.8. The summed E-state index contributed by atoms with van der Waals surface area (Å²) in [7, 11) is 0. The topological polar surface area (TPSA) is 69.6 Å². The van der Waals surface area contributed by atoms with Gasteiger partial charge in [0.05, 0.1) is 18.8 Å². The molecule has 2 unspecified atom stereocenters. The molecule has 1 amide bonds. The number of unbranched alkanes of at least 4 members (excludes halogenated alkanes) is 22. The van der Waals surface area contributed by atoms with Gasteiger partial charge >= 0.3 is 0 Å². The number of carbonyl (C=O) groups excluding carboxylic acids is 1. The first kappa shape index (κ1) is 60.8. The number of amides is 1. The summed E-state index contributed by atoms with van der Waals surface area (Å²) in [5, 5.41) is 23.1. The number of hydrogen-bond donors (Lipinski definition) is 3. The van der Waals surface area contributed by atoms with Crippen LogP contribution in [0.25, 0.3) is 0 Å². The van der Waals surface area contributed by atoms with Crippen LogP contribution in [0.5, 0.6) is 0 Å². The summed E-state index contributed by atoms with van der Waals surface area (Å²) in [5.74, 6) is -0.114. The maximum absolute atomic E-state index is 12.4. The van der Waals surface area contributed by atoms with E-state index in [1.807, 2.05) is 6.08 Å². The van der Waals surface area contributed by atoms with Gasteiger partial charge < -0.3 is 15.5 Å². The average Bonchev–Trinajstić information content (AvgIpc) is 3.30. The van der Waals surface area contributed by atoms with Crippen LogP contribution in [-0.2, 0) is 4.79 Å². The molecule has 0 rings (SSSR count). The molecule has 0 aromatic heterocycles. The molecule has 0 aliphatic rings. The normalized spacial score (nSPS) is 13.9. The predicted octanol–water partition coefficient (Wildman–Crippen LogP) is 17.7. The Labute approximate surface area is 397 Å². The van der Waals surface area contributed by atoms with Crippen molar-refractivity contribution in [2.75, 3.05) is 6.61 Å². The highest BCUT2D eigenvalue weighted by Crippen LogP contribution is 2.15. The molecule has 0 bridgehead atoms. The van der Waals surface area contributed by atoms with Crippen LogP contribution >= 0.6 is 0 Å². The SMILES string of the molecule is CC/C=C\C/C=C\C/C=C\C/C=C\C/C=C\C/C=C\C/C=C\CCCCCC(=O)NC(CO)C(O)/C=C/CC/C=C/CC/C=C/CCCCCCCCCCCCCCCCCCC. The standard InChI is InChI=1S/C60H101NO3/c1-3-5-7-9-11-13-15-17-19-21-23-25-27-29-30-32-33-35-37-39-41-43-45-47-49-51-53-55-59(63)58(57-62)61-60(64)56-54-52-50-48-46-44-42-40-38-36-34-31-28-26-24-22-20-18-16-14-12-10-8-6-4-2/h6,8,12,14,18,20,24,26,31,34,37-40,44-47,53,55,58-59,62-63H,3-5,7,9-11,13,15-17,19,21-23,25,27-30,32-33,35-36,41-43,48-52,54,56-57H2,1-2H3,(H,61,64)/b8-6-,14-12-,20-18-,26-24-,34-31-,39-37+,40-38-,46-44-,47-45+,55-53+. The highest BCUT2D eigenvalue weighted by Gasteiger charge is 2.17. The minimum absolute atomic E-state index is 0.114. The fourth-order valence-corrected chi connectivity index (χ4v) is 7.37. The van der Waals surface area contributed by atoms with Gasteiger partial charge in [-0.3, -0.25) is 4.79 Å². The molecule has 364 valence electrons. The van der Waals surface area contributed by atoms with E-state index < -0.39 is 12.1 Å². The molecule has 4 nitrogen and oxygen atoms in total. The molecule has 2 atom stereocenters. The van der Waals surface area contributed by atoms with Crippen molar-refractivity contribution >= 4 is 5.91 Å². The van der Waals surface area contributed by atoms with Crippen molar-refractivity contribution in [3.8, 4) is 0 Å². The number of nitrogens with one attached hydrogen (secondary N) is 1. The van der Waals surface area contributed by atoms with Crippen molar-refractivity contribution in [3.63, 3.8) is 0 Å². The van der Waals surface area contributed by atoms with Crippen LogP contribution in [-0.4, -0.2) is 34.9 Å². The first-order valence-electron chi connectivity index (χ1n) is 26.7. The van der Waals surface area contributed by atoms with Crippen molar-refractivity contribution in [1.29, 1.82) is 0 Å². The molecule has 64 heavy (non-hydrogen) atoms. The lowest BCUT2D eigenvalue weighted by atomic mass is 10.0. The summed E-state index contributed by atoms with van der Waals surface area (Å²) in [4.78, 5) is 12.4. The van der Waals surface area contributed by atoms with E-state index in [1.165, 1.54) is 116 Å². The Morgan fingerprint density at radius 2 is 0.703 bits per heavy atom. The summed E-state index contributed by atoms with van der Waals surface area (Å²) in [6.45, 7) is 4.17. The zero-order valence-electron chi connectivity index (χ0n) is 41.8. The lowest BCUT2D eigenvalue weighted by Gasteiger charge is -2.19. The Morgan fingerprint density at radius 1 is 0.391 bits per heavy atom. The van der Waals surface area contributed by atoms with Crippen molar-refractivity contribution in [2.24, 2.45) is 0 Å². The van der Waals surface area contributed by atoms with Crippen molar-refractivity contribution in [3.05, 3.63) is 122 Å². The van der Waals surface area contributed by atoms with Gasteiger partial charge in [-0.25, -0.2) is 0 Å². The van der Waals surface area contributed by atoms with E-state index >= 15 is 0 Å². The van der Waals surface area contributed by atoms with Crippen molar-refractivity contribution < 1.29 is 15.0 Å². The zero-order valence-corrected chi connectivity index (χ0v) is 41.8. The van der Waals surface area contributed by atoms with Crippen molar-refractivity contribution in [2.45, 2.75) is 244 Å². The average molecular weight is 884 g/mol. The number of carbonyl (C=O) groups is 1. The van der Waals surface area contributed by atoms with E-state index in [4.69, 9.17) is 0 Å². The smallest absolute Gasteiger partial charge is 0.220 e. The number of aliphatic hydroxyl groups excluding tert-OH is 2. The molecule has 0 heterocycles. The molecule has 4 heteroatoms. The van der Waals surface area contributed by atoms with Gasteiger partial charge in [0, 0.05) is 6.42 Å². The van der Waals surface area contributed by atoms with E-state index in [0.717, 1.165) is 96.3 Å². The van der Waals surface area contributed by atoms with Gasteiger partial charge in [0.25, 0.3) is 0 Å². The van der Waals surface area contributed by atoms with Crippen LogP contribution in [0.4, 0.5) is 0 Å². The van der Waals surface area contributed by atoms with Crippen molar-refractivity contribution in [1.82, 2.24) is 5.32 Å². The second kappa shape index (κ2) is 54.1. The Morgan fingerprint density at radius 3 is 1.09 bits per heavy atom. The molecule has 0 saturated heterocycles. The Balaban J connectivity index is 3.71. The molecular formula is C60H101NO3. The lowest BCUT2D eigenvalue weighted by Crippen LogP contribution is -2.45. The molecule has 0 aromatic carbocycles. The van der Waals surface area contributed by atoms with Crippen LogP contribution in [0.3, 0.4) is 0 Å². The van der Waals surface area contributed by atoms with Crippen LogP contribution in [0.1, 0.15) is 232 Å². The van der Waals surface area contributed by atoms with Crippen LogP contribution in [0.2, 0.25) is 0 Å². The number of hydrogen-bond acceptors (Lipinski definition) is 3. The molecule has 0 saturated carbocycles. The largest absolute Gasteiger partial charge is 0.394 e. The highest BCUT2D eigenvalue weighted by molar-refractivity contribution is 5.76. The lowest BCUT2D eigenvalue weighted by molar-refractivity contribution is -0.123. The minimum atomic E-state index is -0.895. The predicted molar refractivity (Wildman–Crippen MR) is 285 cm³/mol. The second-order valence-corrected chi connectivity index (χ2v) is 17.5. The Kier molecular flexibility index (Phi) is 51.4. The third-order valence-electron chi connectivity index (χ3n) is 11.4. The summed E-state index contributed by atoms with van der Waals surface area (Å²) < 4.78 is 0. The van der Waals surface area contributed by atoms with Crippen LogP contribution < -0.4 is 5.32 Å². The van der Waals surface area contributed by atoms with E-state index in [1.54, 1.807) is 6.08 Å². The molecule has 0 spiro atoms. The fraction of sp³-hybridized carbons (Fsp3) is 0.650. The summed E-state index contributed by atoms with van der Waals surface area (Å²) in [6, 6.07) is -0.674. The molecule has 0 aliphatic heterocycles. The monoisotopic (exact) mass is 884 g/mol.